The van der Waals surface area contributed by atoms with Crippen LogP contribution in [0, 0.1) is 17.8 Å². The molecule has 1 aromatic carbocycles. The van der Waals surface area contributed by atoms with E-state index in [-0.39, 0.29) is 0 Å². The Bertz CT molecular complexity index is 449. The zero-order valence-electron chi connectivity index (χ0n) is 13.4. The summed E-state index contributed by atoms with van der Waals surface area (Å²) in [5, 5.41) is 3.57. The minimum Gasteiger partial charge on any atom is -0.313 e. The van der Waals surface area contributed by atoms with Crippen molar-refractivity contribution in [3.8, 4) is 0 Å². The second-order valence-corrected chi connectivity index (χ2v) is 7.61. The van der Waals surface area contributed by atoms with Crippen LogP contribution in [0.4, 0.5) is 0 Å². The molecule has 0 saturated heterocycles. The average Bonchev–Trinajstić information content (AvgIpc) is 3.07. The highest BCUT2D eigenvalue weighted by atomic mass is 14.9. The van der Waals surface area contributed by atoms with Gasteiger partial charge in [-0.1, -0.05) is 45.0 Å². The van der Waals surface area contributed by atoms with E-state index >= 15 is 0 Å². The molecule has 1 heteroatoms. The zero-order valence-corrected chi connectivity index (χ0v) is 13.4. The van der Waals surface area contributed by atoms with E-state index in [4.69, 9.17) is 0 Å². The summed E-state index contributed by atoms with van der Waals surface area (Å²) in [4.78, 5) is 0. The first-order valence-electron chi connectivity index (χ1n) is 8.33. The Balaban J connectivity index is 1.75. The fourth-order valence-corrected chi connectivity index (χ4v) is 4.05. The summed E-state index contributed by atoms with van der Waals surface area (Å²) in [6.45, 7) is 6.94. The van der Waals surface area contributed by atoms with Crippen LogP contribution in [0.3, 0.4) is 0 Å². The fourth-order valence-electron chi connectivity index (χ4n) is 4.05. The van der Waals surface area contributed by atoms with Gasteiger partial charge in [0, 0.05) is 6.04 Å². The molecule has 2 aliphatic rings. The Labute approximate surface area is 124 Å². The van der Waals surface area contributed by atoms with Crippen molar-refractivity contribution in [2.45, 2.75) is 57.9 Å². The summed E-state index contributed by atoms with van der Waals surface area (Å²) < 4.78 is 0. The Morgan fingerprint density at radius 1 is 1.10 bits per heavy atom. The minimum atomic E-state index is 0.294. The lowest BCUT2D eigenvalue weighted by atomic mass is 9.81. The van der Waals surface area contributed by atoms with E-state index in [1.165, 1.54) is 36.8 Å². The minimum absolute atomic E-state index is 0.294. The summed E-state index contributed by atoms with van der Waals surface area (Å²) in [5.74, 6) is 2.98. The number of nitrogens with one attached hydrogen (secondary N) is 1. The molecule has 2 fully saturated rings. The highest BCUT2D eigenvalue weighted by Gasteiger charge is 2.47. The standard InChI is InChI=1S/C19H29N/c1-5-19(2,3)17-8-6-13(7-9-17)18(20-4)16-11-14-10-15(14)12-16/h6-9,14-16,18,20H,5,10-12H2,1-4H3. The summed E-state index contributed by atoms with van der Waals surface area (Å²) in [6, 6.07) is 9.97. The monoisotopic (exact) mass is 271 g/mol. The molecule has 0 bridgehead atoms. The molecular formula is C19H29N. The molecule has 0 amide bonds. The van der Waals surface area contributed by atoms with E-state index in [2.05, 4.69) is 57.4 Å². The van der Waals surface area contributed by atoms with Gasteiger partial charge in [-0.25, -0.2) is 0 Å². The number of benzene rings is 1. The molecule has 110 valence electrons. The molecule has 0 aliphatic heterocycles. The lowest BCUT2D eigenvalue weighted by Crippen LogP contribution is -2.24. The Morgan fingerprint density at radius 2 is 1.70 bits per heavy atom. The molecule has 0 aromatic heterocycles. The van der Waals surface area contributed by atoms with Crippen LogP contribution in [0.1, 0.15) is 63.6 Å². The van der Waals surface area contributed by atoms with Gasteiger partial charge in [0.15, 0.2) is 0 Å². The van der Waals surface area contributed by atoms with Gasteiger partial charge < -0.3 is 5.32 Å². The molecule has 3 unspecified atom stereocenters. The molecule has 1 nitrogen and oxygen atoms in total. The molecule has 1 N–H and O–H groups in total. The highest BCUT2D eigenvalue weighted by molar-refractivity contribution is 5.30. The van der Waals surface area contributed by atoms with E-state index in [1.807, 2.05) is 0 Å². The second kappa shape index (κ2) is 5.18. The second-order valence-electron chi connectivity index (χ2n) is 7.61. The van der Waals surface area contributed by atoms with Gasteiger partial charge in [-0.05, 0) is 67.0 Å². The van der Waals surface area contributed by atoms with Crippen molar-refractivity contribution in [3.63, 3.8) is 0 Å². The third-order valence-corrected chi connectivity index (χ3v) is 6.00. The van der Waals surface area contributed by atoms with Crippen molar-refractivity contribution in [2.24, 2.45) is 17.8 Å². The van der Waals surface area contributed by atoms with Crippen LogP contribution >= 0.6 is 0 Å². The van der Waals surface area contributed by atoms with Crippen molar-refractivity contribution in [1.82, 2.24) is 5.32 Å². The summed E-state index contributed by atoms with van der Waals surface area (Å²) >= 11 is 0. The first kappa shape index (κ1) is 14.1. The van der Waals surface area contributed by atoms with Gasteiger partial charge in [0.1, 0.15) is 0 Å². The molecular weight excluding hydrogens is 242 g/mol. The van der Waals surface area contributed by atoms with Crippen LogP contribution in [-0.2, 0) is 5.41 Å². The predicted molar refractivity (Wildman–Crippen MR) is 85.9 cm³/mol. The van der Waals surface area contributed by atoms with E-state index in [1.54, 1.807) is 0 Å². The maximum atomic E-state index is 3.57. The summed E-state index contributed by atoms with van der Waals surface area (Å²) in [5.41, 5.74) is 3.24. The molecule has 2 aliphatic carbocycles. The lowest BCUT2D eigenvalue weighted by Gasteiger charge is -2.27. The average molecular weight is 271 g/mol. The van der Waals surface area contributed by atoms with Crippen molar-refractivity contribution in [2.75, 3.05) is 7.05 Å². The number of hydrogen-bond donors (Lipinski definition) is 1. The first-order valence-corrected chi connectivity index (χ1v) is 8.33. The van der Waals surface area contributed by atoms with Crippen molar-refractivity contribution < 1.29 is 0 Å². The number of fused-ring (bicyclic) bond motifs is 1. The Hall–Kier alpha value is -0.820. The quantitative estimate of drug-likeness (QED) is 0.820. The van der Waals surface area contributed by atoms with Crippen LogP contribution in [0.15, 0.2) is 24.3 Å². The van der Waals surface area contributed by atoms with E-state index in [9.17, 15) is 0 Å². The molecule has 2 saturated carbocycles. The largest absolute Gasteiger partial charge is 0.313 e. The molecule has 0 spiro atoms. The molecule has 0 heterocycles. The van der Waals surface area contributed by atoms with E-state index in [0.29, 0.717) is 11.5 Å². The highest BCUT2D eigenvalue weighted by Crippen LogP contribution is 2.57. The topological polar surface area (TPSA) is 12.0 Å². The van der Waals surface area contributed by atoms with Crippen molar-refractivity contribution >= 4 is 0 Å². The van der Waals surface area contributed by atoms with Gasteiger partial charge in [0.2, 0.25) is 0 Å². The van der Waals surface area contributed by atoms with Crippen LogP contribution in [0.2, 0.25) is 0 Å². The van der Waals surface area contributed by atoms with Gasteiger partial charge >= 0.3 is 0 Å². The van der Waals surface area contributed by atoms with Gasteiger partial charge in [-0.3, -0.25) is 0 Å². The Morgan fingerprint density at radius 3 is 2.20 bits per heavy atom. The molecule has 3 atom stereocenters. The van der Waals surface area contributed by atoms with Crippen LogP contribution < -0.4 is 5.32 Å². The van der Waals surface area contributed by atoms with E-state index < -0.39 is 0 Å². The maximum absolute atomic E-state index is 3.57. The zero-order chi connectivity index (χ0) is 14.3. The smallest absolute Gasteiger partial charge is 0.0346 e. The van der Waals surface area contributed by atoms with E-state index in [0.717, 1.165) is 17.8 Å². The predicted octanol–water partition coefficient (Wildman–Crippen LogP) is 4.68. The van der Waals surface area contributed by atoms with Gasteiger partial charge in [0.05, 0.1) is 0 Å². The maximum Gasteiger partial charge on any atom is 0.0346 e. The van der Waals surface area contributed by atoms with Crippen LogP contribution in [-0.4, -0.2) is 7.05 Å². The summed E-state index contributed by atoms with van der Waals surface area (Å²) in [6.07, 6.45) is 5.58. The normalized spacial score (nSPS) is 30.1. The summed E-state index contributed by atoms with van der Waals surface area (Å²) in [7, 11) is 2.12. The fraction of sp³-hybridized carbons (Fsp3) is 0.684. The van der Waals surface area contributed by atoms with Gasteiger partial charge in [-0.15, -0.1) is 0 Å². The molecule has 1 aromatic rings. The third-order valence-electron chi connectivity index (χ3n) is 6.00. The number of rotatable bonds is 5. The lowest BCUT2D eigenvalue weighted by molar-refractivity contribution is 0.359. The van der Waals surface area contributed by atoms with Crippen LogP contribution in [0.5, 0.6) is 0 Å². The molecule has 20 heavy (non-hydrogen) atoms. The third kappa shape index (κ3) is 2.53. The molecule has 3 rings (SSSR count). The molecule has 0 radical (unpaired) electrons. The van der Waals surface area contributed by atoms with Crippen molar-refractivity contribution in [1.29, 1.82) is 0 Å². The van der Waals surface area contributed by atoms with Crippen molar-refractivity contribution in [3.05, 3.63) is 35.4 Å². The number of hydrogen-bond acceptors (Lipinski definition) is 1. The van der Waals surface area contributed by atoms with Gasteiger partial charge in [-0.2, -0.15) is 0 Å². The van der Waals surface area contributed by atoms with Gasteiger partial charge in [0.25, 0.3) is 0 Å². The van der Waals surface area contributed by atoms with Crippen LogP contribution in [0.25, 0.3) is 0 Å². The first-order chi connectivity index (χ1) is 9.55. The Kier molecular flexibility index (Phi) is 3.66. The SMILES string of the molecule is CCC(C)(C)c1ccc(C(NC)C2CC3CC3C2)cc1.